The highest BCUT2D eigenvalue weighted by atomic mass is 16.6. The number of ether oxygens (including phenoxy) is 2. The second-order valence-electron chi connectivity index (χ2n) is 6.95. The molecule has 1 saturated heterocycles. The van der Waals surface area contributed by atoms with Gasteiger partial charge in [0.25, 0.3) is 0 Å². The predicted molar refractivity (Wildman–Crippen MR) is 95.7 cm³/mol. The van der Waals surface area contributed by atoms with Crippen molar-refractivity contribution in [2.24, 2.45) is 0 Å². The number of anilines is 1. The normalized spacial score (nSPS) is 19.0. The van der Waals surface area contributed by atoms with Gasteiger partial charge < -0.3 is 24.2 Å². The van der Waals surface area contributed by atoms with Gasteiger partial charge in [0.1, 0.15) is 24.7 Å². The molecule has 0 radical (unpaired) electrons. The molecule has 0 aliphatic carbocycles. The van der Waals surface area contributed by atoms with Gasteiger partial charge in [-0.3, -0.25) is 0 Å². The summed E-state index contributed by atoms with van der Waals surface area (Å²) in [5, 5.41) is 7.14. The van der Waals surface area contributed by atoms with Crippen molar-refractivity contribution < 1.29 is 18.8 Å². The lowest BCUT2D eigenvalue weighted by Crippen LogP contribution is -2.34. The number of fused-ring (bicyclic) bond motifs is 1. The van der Waals surface area contributed by atoms with Gasteiger partial charge in [-0.25, -0.2) is 4.79 Å². The summed E-state index contributed by atoms with van der Waals surface area (Å²) in [4.78, 5) is 14.6. The molecule has 0 unspecified atom stereocenters. The number of amides is 2. The number of hydrogen-bond acceptors (Lipinski definition) is 5. The van der Waals surface area contributed by atoms with E-state index in [4.69, 9.17) is 14.0 Å². The van der Waals surface area contributed by atoms with E-state index in [1.165, 1.54) is 0 Å². The SMILES string of the molecule is CC(C)c1cc([C@@H]2CCCN2C(=O)Nc2ccc3c(c2)OCCO3)no1. The Balaban J connectivity index is 1.48. The minimum Gasteiger partial charge on any atom is -0.486 e. The zero-order valence-electron chi connectivity index (χ0n) is 15.0. The second-order valence-corrected chi connectivity index (χ2v) is 6.95. The minimum absolute atomic E-state index is 0.0524. The van der Waals surface area contributed by atoms with Crippen molar-refractivity contribution in [2.45, 2.75) is 38.6 Å². The van der Waals surface area contributed by atoms with E-state index in [0.29, 0.717) is 36.9 Å². The number of carbonyl (C=O) groups is 1. The van der Waals surface area contributed by atoms with E-state index in [1.807, 2.05) is 23.1 Å². The van der Waals surface area contributed by atoms with Crippen LogP contribution in [-0.4, -0.2) is 35.8 Å². The van der Waals surface area contributed by atoms with Crippen molar-refractivity contribution in [1.82, 2.24) is 10.1 Å². The van der Waals surface area contributed by atoms with Crippen LogP contribution < -0.4 is 14.8 Å². The highest BCUT2D eigenvalue weighted by Crippen LogP contribution is 2.35. The van der Waals surface area contributed by atoms with Crippen LogP contribution in [-0.2, 0) is 0 Å². The van der Waals surface area contributed by atoms with Gasteiger partial charge in [0, 0.05) is 30.3 Å². The summed E-state index contributed by atoms with van der Waals surface area (Å²) >= 11 is 0. The molecule has 1 aromatic heterocycles. The van der Waals surface area contributed by atoms with E-state index in [9.17, 15) is 4.79 Å². The third-order valence-corrected chi connectivity index (χ3v) is 4.76. The fraction of sp³-hybridized carbons (Fsp3) is 0.474. The lowest BCUT2D eigenvalue weighted by atomic mass is 10.1. The molecule has 1 fully saturated rings. The number of carbonyl (C=O) groups excluding carboxylic acids is 1. The van der Waals surface area contributed by atoms with E-state index < -0.39 is 0 Å². The molecule has 2 aromatic rings. The smallest absolute Gasteiger partial charge is 0.322 e. The maximum Gasteiger partial charge on any atom is 0.322 e. The van der Waals surface area contributed by atoms with E-state index in [-0.39, 0.29) is 18.0 Å². The summed E-state index contributed by atoms with van der Waals surface area (Å²) in [5.74, 6) is 2.49. The minimum atomic E-state index is -0.140. The fourth-order valence-electron chi connectivity index (χ4n) is 3.37. The molecule has 138 valence electrons. The van der Waals surface area contributed by atoms with Crippen molar-refractivity contribution in [2.75, 3.05) is 25.1 Å². The number of likely N-dealkylation sites (tertiary alicyclic amines) is 1. The molecule has 2 amide bonds. The van der Waals surface area contributed by atoms with Gasteiger partial charge in [0.05, 0.1) is 6.04 Å². The van der Waals surface area contributed by atoms with Crippen LogP contribution in [0.3, 0.4) is 0 Å². The maximum atomic E-state index is 12.8. The average molecular weight is 357 g/mol. The van der Waals surface area contributed by atoms with E-state index in [2.05, 4.69) is 24.3 Å². The third-order valence-electron chi connectivity index (χ3n) is 4.76. The van der Waals surface area contributed by atoms with Gasteiger partial charge >= 0.3 is 6.03 Å². The number of aromatic nitrogens is 1. The standard InChI is InChI=1S/C19H23N3O4/c1-12(2)17-11-14(21-26-17)15-4-3-7-22(15)19(23)20-13-5-6-16-18(10-13)25-9-8-24-16/h5-6,10-12,15H,3-4,7-9H2,1-2H3,(H,20,23)/t15-/m0/s1. The first-order valence-electron chi connectivity index (χ1n) is 9.05. The van der Waals surface area contributed by atoms with Crippen molar-refractivity contribution in [3.8, 4) is 11.5 Å². The van der Waals surface area contributed by atoms with E-state index in [1.54, 1.807) is 6.07 Å². The van der Waals surface area contributed by atoms with Gasteiger partial charge in [-0.05, 0) is 25.0 Å². The van der Waals surface area contributed by atoms with Crippen molar-refractivity contribution in [3.63, 3.8) is 0 Å². The molecule has 7 heteroatoms. The first-order valence-corrected chi connectivity index (χ1v) is 9.05. The van der Waals surface area contributed by atoms with Crippen LogP contribution in [0.4, 0.5) is 10.5 Å². The zero-order valence-corrected chi connectivity index (χ0v) is 15.0. The summed E-state index contributed by atoms with van der Waals surface area (Å²) in [6, 6.07) is 7.21. The van der Waals surface area contributed by atoms with E-state index in [0.717, 1.165) is 24.3 Å². The molecule has 0 saturated carbocycles. The lowest BCUT2D eigenvalue weighted by molar-refractivity contribution is 0.171. The Bertz CT molecular complexity index is 802. The molecule has 1 atom stereocenters. The Kier molecular flexibility index (Phi) is 4.44. The zero-order chi connectivity index (χ0) is 18.1. The molecule has 26 heavy (non-hydrogen) atoms. The molecule has 3 heterocycles. The largest absolute Gasteiger partial charge is 0.486 e. The summed E-state index contributed by atoms with van der Waals surface area (Å²) in [5.41, 5.74) is 1.51. The molecule has 1 N–H and O–H groups in total. The van der Waals surface area contributed by atoms with Gasteiger partial charge in [-0.1, -0.05) is 19.0 Å². The van der Waals surface area contributed by atoms with Crippen molar-refractivity contribution in [1.29, 1.82) is 0 Å². The summed E-state index contributed by atoms with van der Waals surface area (Å²) < 4.78 is 16.5. The topological polar surface area (TPSA) is 76.8 Å². The molecule has 1 aromatic carbocycles. The second kappa shape index (κ2) is 6.90. The van der Waals surface area contributed by atoms with Crippen molar-refractivity contribution in [3.05, 3.63) is 35.7 Å². The molecule has 0 bridgehead atoms. The lowest BCUT2D eigenvalue weighted by Gasteiger charge is -2.24. The van der Waals surface area contributed by atoms with E-state index >= 15 is 0 Å². The summed E-state index contributed by atoms with van der Waals surface area (Å²) in [6.45, 7) is 5.88. The Morgan fingerprint density at radius 1 is 1.23 bits per heavy atom. The Morgan fingerprint density at radius 2 is 2.04 bits per heavy atom. The first-order chi connectivity index (χ1) is 12.6. The van der Waals surface area contributed by atoms with Gasteiger partial charge in [0.15, 0.2) is 11.5 Å². The molecular formula is C19H23N3O4. The molecule has 2 aliphatic heterocycles. The van der Waals surface area contributed by atoms with Gasteiger partial charge in [0.2, 0.25) is 0 Å². The highest BCUT2D eigenvalue weighted by Gasteiger charge is 2.32. The highest BCUT2D eigenvalue weighted by molar-refractivity contribution is 5.90. The van der Waals surface area contributed by atoms with Gasteiger partial charge in [-0.2, -0.15) is 0 Å². The predicted octanol–water partition coefficient (Wildman–Crippen LogP) is 3.94. The van der Waals surface area contributed by atoms with Crippen molar-refractivity contribution >= 4 is 11.7 Å². The van der Waals surface area contributed by atoms with Crippen LogP contribution >= 0.6 is 0 Å². The van der Waals surface area contributed by atoms with Crippen LogP contribution in [0.5, 0.6) is 11.5 Å². The van der Waals surface area contributed by atoms with Crippen LogP contribution in [0, 0.1) is 0 Å². The molecule has 4 rings (SSSR count). The number of nitrogens with zero attached hydrogens (tertiary/aromatic N) is 2. The monoisotopic (exact) mass is 357 g/mol. The number of benzene rings is 1. The average Bonchev–Trinajstić information content (AvgIpc) is 3.30. The number of urea groups is 1. The van der Waals surface area contributed by atoms with Crippen LogP contribution in [0.1, 0.15) is 50.1 Å². The summed E-state index contributed by atoms with van der Waals surface area (Å²) in [7, 11) is 0. The molecule has 2 aliphatic rings. The van der Waals surface area contributed by atoms with Crippen LogP contribution in [0.15, 0.2) is 28.8 Å². The summed E-state index contributed by atoms with van der Waals surface area (Å²) in [6.07, 6.45) is 1.84. The maximum absolute atomic E-state index is 12.8. The molecule has 0 spiro atoms. The number of rotatable bonds is 3. The number of nitrogens with one attached hydrogen (secondary N) is 1. The molecular weight excluding hydrogens is 334 g/mol. The Hall–Kier alpha value is -2.70. The fourth-order valence-corrected chi connectivity index (χ4v) is 3.37. The van der Waals surface area contributed by atoms with Gasteiger partial charge in [-0.15, -0.1) is 0 Å². The van der Waals surface area contributed by atoms with Crippen LogP contribution in [0.2, 0.25) is 0 Å². The Morgan fingerprint density at radius 3 is 2.81 bits per heavy atom. The Labute approximate surface area is 152 Å². The first kappa shape index (κ1) is 16.8. The molecule has 7 nitrogen and oxygen atoms in total. The third kappa shape index (κ3) is 3.21. The quantitative estimate of drug-likeness (QED) is 0.900. The van der Waals surface area contributed by atoms with Crippen LogP contribution in [0.25, 0.3) is 0 Å². The number of hydrogen-bond donors (Lipinski definition) is 1.